The molecule has 214 valence electrons. The van der Waals surface area contributed by atoms with E-state index in [-0.39, 0.29) is 15.8 Å². The van der Waals surface area contributed by atoms with Gasteiger partial charge in [0.1, 0.15) is 22.5 Å². The first-order chi connectivity index (χ1) is 19.8. The van der Waals surface area contributed by atoms with Crippen LogP contribution >= 0.6 is 23.2 Å². The number of nitrogens with one attached hydrogen (secondary N) is 1. The van der Waals surface area contributed by atoms with Crippen LogP contribution in [-0.2, 0) is 0 Å². The lowest BCUT2D eigenvalue weighted by atomic mass is 10.0. The maximum atomic E-state index is 12.8. The fraction of sp³-hybridized carbons (Fsp3) is 0.321. The molecule has 0 unspecified atom stereocenters. The van der Waals surface area contributed by atoms with Crippen LogP contribution in [-0.4, -0.2) is 77.4 Å². The number of aromatic nitrogens is 4. The Morgan fingerprint density at radius 3 is 2.07 bits per heavy atom. The van der Waals surface area contributed by atoms with E-state index in [1.165, 1.54) is 26.6 Å². The quantitative estimate of drug-likeness (QED) is 0.290. The predicted molar refractivity (Wildman–Crippen MR) is 159 cm³/mol. The van der Waals surface area contributed by atoms with Gasteiger partial charge in [0.05, 0.1) is 42.3 Å². The van der Waals surface area contributed by atoms with Crippen LogP contribution in [0.15, 0.2) is 43.0 Å². The first kappa shape index (κ1) is 28.6. The molecule has 0 aliphatic carbocycles. The lowest BCUT2D eigenvalue weighted by molar-refractivity contribution is 0.208. The van der Waals surface area contributed by atoms with Gasteiger partial charge in [-0.1, -0.05) is 23.2 Å². The van der Waals surface area contributed by atoms with Gasteiger partial charge < -0.3 is 19.1 Å². The van der Waals surface area contributed by atoms with Crippen LogP contribution in [0, 0.1) is 0 Å². The van der Waals surface area contributed by atoms with Crippen LogP contribution in [0.1, 0.15) is 13.8 Å². The molecule has 0 spiro atoms. The zero-order valence-corrected chi connectivity index (χ0v) is 24.5. The second-order valence-corrected chi connectivity index (χ2v) is 10.3. The zero-order valence-electron chi connectivity index (χ0n) is 23.0. The van der Waals surface area contributed by atoms with E-state index < -0.39 is 6.09 Å². The molecule has 3 heterocycles. The molecule has 41 heavy (non-hydrogen) atoms. The monoisotopic (exact) mass is 597 g/mol. The molecule has 13 heteroatoms. The van der Waals surface area contributed by atoms with Gasteiger partial charge in [-0.15, -0.1) is 0 Å². The van der Waals surface area contributed by atoms with Crippen molar-refractivity contribution < 1.29 is 19.0 Å². The van der Waals surface area contributed by atoms with Crippen molar-refractivity contribution in [2.75, 3.05) is 50.6 Å². The van der Waals surface area contributed by atoms with Crippen molar-refractivity contribution in [1.82, 2.24) is 24.8 Å². The van der Waals surface area contributed by atoms with E-state index in [0.717, 1.165) is 26.2 Å². The van der Waals surface area contributed by atoms with Gasteiger partial charge >= 0.3 is 6.09 Å². The number of anilines is 2. The molecular formula is C28H29Cl2N7O4. The van der Waals surface area contributed by atoms with E-state index in [0.29, 0.717) is 51.3 Å². The summed E-state index contributed by atoms with van der Waals surface area (Å²) >= 11 is 13.3. The highest BCUT2D eigenvalue weighted by Gasteiger charge is 2.23. The van der Waals surface area contributed by atoms with Crippen molar-refractivity contribution in [3.8, 4) is 28.4 Å². The Morgan fingerprint density at radius 1 is 0.878 bits per heavy atom. The minimum Gasteiger partial charge on any atom is -0.495 e. The second kappa shape index (κ2) is 12.3. The van der Waals surface area contributed by atoms with E-state index in [1.54, 1.807) is 30.6 Å². The van der Waals surface area contributed by atoms with Gasteiger partial charge in [-0.2, -0.15) is 0 Å². The van der Waals surface area contributed by atoms with Crippen molar-refractivity contribution in [3.05, 3.63) is 53.0 Å². The molecule has 1 N–H and O–H groups in total. The summed E-state index contributed by atoms with van der Waals surface area (Å²) in [6.45, 7) is 7.98. The number of rotatable bonds is 7. The maximum Gasteiger partial charge on any atom is 0.417 e. The lowest BCUT2D eigenvalue weighted by Crippen LogP contribution is -2.49. The molecule has 0 saturated carbocycles. The van der Waals surface area contributed by atoms with E-state index in [4.69, 9.17) is 37.4 Å². The van der Waals surface area contributed by atoms with Gasteiger partial charge in [-0.3, -0.25) is 15.2 Å². The Labute approximate surface area is 247 Å². The maximum absolute atomic E-state index is 12.8. The topological polar surface area (TPSA) is 115 Å². The number of ether oxygens (including phenoxy) is 3. The number of methoxy groups -OCH3 is 2. The Bertz CT molecular complexity index is 1530. The van der Waals surface area contributed by atoms with E-state index >= 15 is 0 Å². The summed E-state index contributed by atoms with van der Waals surface area (Å²) in [4.78, 5) is 35.1. The van der Waals surface area contributed by atoms with Crippen molar-refractivity contribution >= 4 is 52.0 Å². The van der Waals surface area contributed by atoms with Crippen LogP contribution in [0.3, 0.4) is 0 Å². The highest BCUT2D eigenvalue weighted by molar-refractivity contribution is 6.41. The van der Waals surface area contributed by atoms with Crippen LogP contribution in [0.4, 0.5) is 16.4 Å². The summed E-state index contributed by atoms with van der Waals surface area (Å²) < 4.78 is 16.4. The summed E-state index contributed by atoms with van der Waals surface area (Å²) in [5.41, 5.74) is 2.16. The third-order valence-electron chi connectivity index (χ3n) is 6.85. The highest BCUT2D eigenvalue weighted by atomic mass is 35.5. The number of nitrogens with zero attached hydrogens (tertiary/aromatic N) is 6. The molecular weight excluding hydrogens is 569 g/mol. The first-order valence-electron chi connectivity index (χ1n) is 12.9. The standard InChI is InChI=1S/C28H29Cl2N7O4/c1-16(2)36-9-11-37(12-10-36)27-33-14-17(15-34-27)35-28(38)41-19-6-5-18(25-26(19)32-8-7-31-25)22-23(29)20(39-3)13-21(40-4)24(22)30/h5-8,13-16H,9-12H2,1-4H3,(H,35,38). The molecule has 1 aliphatic rings. The number of halogens is 2. The number of carbonyl (C=O) groups is 1. The molecule has 0 radical (unpaired) electrons. The predicted octanol–water partition coefficient (Wildman–Crippen LogP) is 5.55. The molecule has 4 aromatic rings. The largest absolute Gasteiger partial charge is 0.495 e. The van der Waals surface area contributed by atoms with Gasteiger partial charge in [-0.25, -0.2) is 19.7 Å². The molecule has 0 bridgehead atoms. The number of fused-ring (bicyclic) bond motifs is 1. The molecule has 5 rings (SSSR count). The second-order valence-electron chi connectivity index (χ2n) is 9.55. The molecule has 1 fully saturated rings. The fourth-order valence-corrected chi connectivity index (χ4v) is 5.37. The van der Waals surface area contributed by atoms with Crippen molar-refractivity contribution in [3.63, 3.8) is 0 Å². The van der Waals surface area contributed by atoms with Crippen molar-refractivity contribution in [2.24, 2.45) is 0 Å². The van der Waals surface area contributed by atoms with E-state index in [9.17, 15) is 4.79 Å². The Hall–Kier alpha value is -3.93. The first-order valence-corrected chi connectivity index (χ1v) is 13.7. The number of hydrogen-bond donors (Lipinski definition) is 1. The molecule has 11 nitrogen and oxygen atoms in total. The molecule has 1 aliphatic heterocycles. The smallest absolute Gasteiger partial charge is 0.417 e. The Morgan fingerprint density at radius 2 is 1.49 bits per heavy atom. The molecule has 2 aromatic carbocycles. The van der Waals surface area contributed by atoms with Crippen LogP contribution in [0.2, 0.25) is 10.0 Å². The molecule has 0 atom stereocenters. The van der Waals surface area contributed by atoms with Crippen LogP contribution in [0.25, 0.3) is 22.2 Å². The lowest BCUT2D eigenvalue weighted by Gasteiger charge is -2.36. The number of carbonyl (C=O) groups excluding carboxylic acids is 1. The average molecular weight is 598 g/mol. The van der Waals surface area contributed by atoms with Crippen molar-refractivity contribution in [2.45, 2.75) is 19.9 Å². The minimum atomic E-state index is -0.731. The van der Waals surface area contributed by atoms with Gasteiger partial charge in [0, 0.05) is 61.8 Å². The molecule has 2 aromatic heterocycles. The zero-order chi connectivity index (χ0) is 29.1. The average Bonchev–Trinajstić information content (AvgIpc) is 2.99. The summed E-state index contributed by atoms with van der Waals surface area (Å²) in [5.74, 6) is 1.57. The molecule has 1 amide bonds. The summed E-state index contributed by atoms with van der Waals surface area (Å²) in [6.07, 6.45) is 5.40. The summed E-state index contributed by atoms with van der Waals surface area (Å²) in [7, 11) is 3.00. The summed E-state index contributed by atoms with van der Waals surface area (Å²) in [5, 5.41) is 3.22. The summed E-state index contributed by atoms with van der Waals surface area (Å²) in [6, 6.07) is 5.41. The normalized spacial score (nSPS) is 13.9. The van der Waals surface area contributed by atoms with Gasteiger partial charge in [0.25, 0.3) is 0 Å². The Kier molecular flexibility index (Phi) is 8.57. The Balaban J connectivity index is 1.35. The van der Waals surface area contributed by atoms with E-state index in [1.807, 2.05) is 0 Å². The molecule has 1 saturated heterocycles. The SMILES string of the molecule is COc1cc(OC)c(Cl)c(-c2ccc(OC(=O)Nc3cnc(N4CCN(C(C)C)CC4)nc3)c3nccnc23)c1Cl. The third kappa shape index (κ3) is 5.92. The third-order valence-corrected chi connectivity index (χ3v) is 7.60. The number of hydrogen-bond acceptors (Lipinski definition) is 10. The van der Waals surface area contributed by atoms with Crippen LogP contribution in [0.5, 0.6) is 17.2 Å². The van der Waals surface area contributed by atoms with Gasteiger partial charge in [0.15, 0.2) is 5.75 Å². The van der Waals surface area contributed by atoms with Gasteiger partial charge in [-0.05, 0) is 26.0 Å². The number of piperazine rings is 1. The number of amides is 1. The van der Waals surface area contributed by atoms with E-state index in [2.05, 4.69) is 48.9 Å². The fourth-order valence-electron chi connectivity index (χ4n) is 4.67. The van der Waals surface area contributed by atoms with Crippen LogP contribution < -0.4 is 24.4 Å². The minimum absolute atomic E-state index is 0.192. The van der Waals surface area contributed by atoms with Gasteiger partial charge in [0.2, 0.25) is 5.95 Å². The van der Waals surface area contributed by atoms with Crippen molar-refractivity contribution in [1.29, 1.82) is 0 Å². The number of benzene rings is 2. The highest BCUT2D eigenvalue weighted by Crippen LogP contribution is 2.47.